The number of carbonyl (C=O) groups excluding carboxylic acids is 2. The predicted molar refractivity (Wildman–Crippen MR) is 405 cm³/mol. The third-order valence-electron chi connectivity index (χ3n) is 16.1. The molecule has 0 saturated heterocycles. The number of phenolic OH excluding ortho intramolecular Hbond substituents is 3. The maximum absolute atomic E-state index is 13.1. The molecular weight excluding hydrogens is 1370 g/mol. The minimum absolute atomic E-state index is 0. The van der Waals surface area contributed by atoms with Gasteiger partial charge in [-0.2, -0.15) is 0 Å². The van der Waals surface area contributed by atoms with Crippen LogP contribution in [-0.2, 0) is 0 Å². The van der Waals surface area contributed by atoms with E-state index >= 15 is 0 Å². The zero-order chi connectivity index (χ0) is 72.8. The third-order valence-corrected chi connectivity index (χ3v) is 16.6. The number of halogens is 1. The number of benzene rings is 8. The molecule has 0 aliphatic rings. The van der Waals surface area contributed by atoms with Crippen molar-refractivity contribution in [3.8, 4) is 68.2 Å². The first-order chi connectivity index (χ1) is 47.4. The summed E-state index contributed by atoms with van der Waals surface area (Å²) in [6.45, 7) is 26.0. The summed E-state index contributed by atoms with van der Waals surface area (Å²) >= 11 is 3.38. The van der Waals surface area contributed by atoms with Gasteiger partial charge in [-0.05, 0) is 269 Å². The van der Waals surface area contributed by atoms with E-state index in [0.29, 0.717) is 71.2 Å². The van der Waals surface area contributed by atoms with E-state index in [4.69, 9.17) is 39.0 Å². The first kappa shape index (κ1) is 89.6. The van der Waals surface area contributed by atoms with Crippen LogP contribution in [0, 0.1) is 55.4 Å². The van der Waals surface area contributed by atoms with Crippen molar-refractivity contribution < 1.29 is 125 Å². The van der Waals surface area contributed by atoms with Crippen LogP contribution < -0.4 is 75.1 Å². The molecule has 0 aromatic heterocycles. The van der Waals surface area contributed by atoms with Gasteiger partial charge in [0.15, 0.2) is 0 Å². The van der Waals surface area contributed by atoms with Gasteiger partial charge in [0, 0.05) is 5.33 Å². The summed E-state index contributed by atoms with van der Waals surface area (Å²) in [7, 11) is 0. The predicted octanol–water partition coefficient (Wildman–Crippen LogP) is 19.2. The summed E-state index contributed by atoms with van der Waals surface area (Å²) in [4.78, 5) is 47.2. The Balaban J connectivity index is 0.000000528. The molecule has 8 rings (SSSR count). The van der Waals surface area contributed by atoms with Crippen LogP contribution in [0.4, 0.5) is 0 Å². The number of esters is 2. The first-order valence-electron chi connectivity index (χ1n) is 34.7. The zero-order valence-electron chi connectivity index (χ0n) is 61.7. The van der Waals surface area contributed by atoms with Gasteiger partial charge in [0.1, 0.15) is 46.0 Å². The largest absolute Gasteiger partial charge is 1.00 e. The number of unbranched alkanes of at least 4 members (excludes halogenated alkanes) is 12. The van der Waals surface area contributed by atoms with E-state index in [9.17, 15) is 29.4 Å². The van der Waals surface area contributed by atoms with Crippen LogP contribution in [0.5, 0.6) is 46.0 Å². The van der Waals surface area contributed by atoms with Crippen molar-refractivity contribution >= 4 is 39.8 Å². The summed E-state index contributed by atoms with van der Waals surface area (Å²) in [5.41, 5.74) is 12.2. The number of aromatic carboxylic acids is 2. The molecular formula is C84H106BrKO15. The van der Waals surface area contributed by atoms with Gasteiger partial charge in [0.25, 0.3) is 0 Å². The van der Waals surface area contributed by atoms with Crippen LogP contribution in [0.3, 0.4) is 0 Å². The molecule has 0 unspecified atom stereocenters. The summed E-state index contributed by atoms with van der Waals surface area (Å²) in [6.07, 6.45) is 19.1. The molecule has 0 bridgehead atoms. The number of hydrogen-bond donors (Lipinski definition) is 5. The fourth-order valence-electron chi connectivity index (χ4n) is 10.6. The number of carbonyl (C=O) groups is 4. The number of hydrogen-bond acceptors (Lipinski definition) is 13. The molecule has 0 radical (unpaired) electrons. The van der Waals surface area contributed by atoms with Crippen molar-refractivity contribution in [2.45, 2.75) is 186 Å². The van der Waals surface area contributed by atoms with Crippen LogP contribution >= 0.6 is 15.9 Å². The van der Waals surface area contributed by atoms with E-state index in [1.165, 1.54) is 93.8 Å². The van der Waals surface area contributed by atoms with E-state index in [1.54, 1.807) is 48.5 Å². The second kappa shape index (κ2) is 49.2. The fourth-order valence-corrected chi connectivity index (χ4v) is 11.0. The van der Waals surface area contributed by atoms with E-state index in [-0.39, 0.29) is 73.7 Å². The van der Waals surface area contributed by atoms with E-state index in [0.717, 1.165) is 105 Å². The van der Waals surface area contributed by atoms with Gasteiger partial charge in [-0.1, -0.05) is 145 Å². The Hall–Kier alpha value is -7.48. The number of aromatic hydroxyl groups is 3. The van der Waals surface area contributed by atoms with Gasteiger partial charge in [-0.15, -0.1) is 0 Å². The Labute approximate surface area is 650 Å². The smallest absolute Gasteiger partial charge is 0.870 e. The molecule has 0 saturated carbocycles. The van der Waals surface area contributed by atoms with Gasteiger partial charge in [0.2, 0.25) is 0 Å². The quantitative estimate of drug-likeness (QED) is 0.00924. The summed E-state index contributed by atoms with van der Waals surface area (Å²) < 4.78 is 29.0. The van der Waals surface area contributed by atoms with Gasteiger partial charge < -0.3 is 54.7 Å². The van der Waals surface area contributed by atoms with Crippen molar-refractivity contribution in [1.29, 1.82) is 0 Å². The monoisotopic (exact) mass is 1470 g/mol. The molecule has 0 aliphatic carbocycles. The normalized spacial score (nSPS) is 10.2. The number of carboxylic acids is 2. The van der Waals surface area contributed by atoms with Crippen LogP contribution in [0.2, 0.25) is 0 Å². The molecule has 101 heavy (non-hydrogen) atoms. The number of ether oxygens (including phenoxy) is 5. The van der Waals surface area contributed by atoms with Crippen LogP contribution in [-0.4, -0.2) is 80.0 Å². The topological polar surface area (TPSA) is 246 Å². The molecule has 0 atom stereocenters. The Bertz CT molecular complexity index is 3570. The molecule has 6 N–H and O–H groups in total. The molecule has 0 spiro atoms. The first-order valence-corrected chi connectivity index (χ1v) is 35.9. The average molecular weight is 1470 g/mol. The van der Waals surface area contributed by atoms with Crippen molar-refractivity contribution in [2.24, 2.45) is 0 Å². The Kier molecular flexibility index (Phi) is 43.6. The maximum Gasteiger partial charge on any atom is 1.00 e. The molecule has 0 heterocycles. The molecule has 0 amide bonds. The maximum atomic E-state index is 13.1. The second-order valence-corrected chi connectivity index (χ2v) is 25.6. The van der Waals surface area contributed by atoms with Crippen LogP contribution in [0.1, 0.15) is 216 Å². The van der Waals surface area contributed by atoms with Gasteiger partial charge >= 0.3 is 75.3 Å². The standard InChI is InChI=1S/C42H50O6.C16H18O2.C13H18O3.C7H6O3.C6H13Br.K.H2O/c1-7-9-11-13-21-45-37-19-15-17-33(27-37)41(43)47-39-29(3)23-35(24-30(39)4)36-25-31(5)40(32(6)26-36)48-42(44)34-18-16-20-38(28-34)46-22-14-12-10-8-2;1-9-5-13(6-10(2)15(9)17)14-7-11(3)16(18)12(4)8-14;1-2-3-4-5-9-16-12-8-6-7-11(10-12)13(14)15;8-6-3-1-2-5(4-6)7(9)10;1-2-3-4-5-6-7;;/h15-20,23-28H,7-14,21-22H2,1-6H3;5-8,17-18H,1-4H3;6-8,10H,2-5,9H2,1H3,(H,14,15);1-4,8H,(H,9,10);2-6H2,1H3;;1H2/q;;;;;+1;/p-1. The molecule has 0 aliphatic heterocycles. The summed E-state index contributed by atoms with van der Waals surface area (Å²) in [5.74, 6) is 0.933. The van der Waals surface area contributed by atoms with Gasteiger partial charge in [-0.25, -0.2) is 19.2 Å². The van der Waals surface area contributed by atoms with Gasteiger partial charge in [0.05, 0.1) is 42.1 Å². The number of phenols is 3. The molecule has 17 heteroatoms. The van der Waals surface area contributed by atoms with Crippen molar-refractivity contribution in [2.75, 3.05) is 25.2 Å². The zero-order valence-corrected chi connectivity index (χ0v) is 66.4. The molecule has 15 nitrogen and oxygen atoms in total. The Morgan fingerprint density at radius 2 is 0.614 bits per heavy atom. The Morgan fingerprint density at radius 1 is 0.347 bits per heavy atom. The number of alkyl halides is 1. The van der Waals surface area contributed by atoms with Crippen LogP contribution in [0.15, 0.2) is 146 Å². The van der Waals surface area contributed by atoms with E-state index in [1.807, 2.05) is 128 Å². The average Bonchev–Trinajstić information content (AvgIpc) is 0.802. The number of rotatable bonds is 30. The SMILES string of the molecule is CCCCCCBr.CCCCCCOc1cccc(C(=O)O)c1.CCCCCCOc1cccc(C(=O)Oc2c(C)cc(-c3cc(C)c(OC(=O)c4cccc(OCCCCCC)c4)c(C)c3)cc2C)c1.Cc1cc(-c2cc(C)c(O)c(C)c2)cc(C)c1O.O=C(O)c1cccc(O)c1.[K+].[OH-]. The van der Waals surface area contributed by atoms with Crippen LogP contribution in [0.25, 0.3) is 22.3 Å². The van der Waals surface area contributed by atoms with Crippen molar-refractivity contribution in [3.63, 3.8) is 0 Å². The molecule has 540 valence electrons. The Morgan fingerprint density at radius 3 is 0.891 bits per heavy atom. The number of aryl methyl sites for hydroxylation is 8. The summed E-state index contributed by atoms with van der Waals surface area (Å²) in [6, 6.07) is 42.4. The van der Waals surface area contributed by atoms with E-state index in [2.05, 4.69) is 43.6 Å². The fraction of sp³-hybridized carbons (Fsp3) is 0.381. The molecule has 0 fully saturated rings. The minimum atomic E-state index is -1.03. The minimum Gasteiger partial charge on any atom is -0.870 e. The summed E-state index contributed by atoms with van der Waals surface area (Å²) in [5, 5.41) is 46.7. The second-order valence-electron chi connectivity index (χ2n) is 24.8. The molecule has 8 aromatic rings. The van der Waals surface area contributed by atoms with Gasteiger partial charge in [-0.3, -0.25) is 0 Å². The van der Waals surface area contributed by atoms with Crippen molar-refractivity contribution in [1.82, 2.24) is 0 Å². The molecule has 8 aromatic carbocycles. The number of carboxylic acid groups (broad SMARTS) is 2. The third kappa shape index (κ3) is 32.2. The van der Waals surface area contributed by atoms with E-state index < -0.39 is 23.9 Å². The van der Waals surface area contributed by atoms with Crippen molar-refractivity contribution in [3.05, 3.63) is 212 Å².